The lowest BCUT2D eigenvalue weighted by Crippen LogP contribution is -1.67. The van der Waals surface area contributed by atoms with Gasteiger partial charge in [0.1, 0.15) is 0 Å². The number of rotatable bonds is 3. The van der Waals surface area contributed by atoms with Crippen molar-refractivity contribution in [2.24, 2.45) is 0 Å². The highest BCUT2D eigenvalue weighted by molar-refractivity contribution is 6.17. The molecule has 0 heterocycles. The van der Waals surface area contributed by atoms with Crippen molar-refractivity contribution in [2.75, 3.05) is 5.88 Å². The lowest BCUT2D eigenvalue weighted by Gasteiger charge is -1.83. The second-order valence-corrected chi connectivity index (χ2v) is 2.62. The second-order valence-electron chi connectivity index (χ2n) is 2.25. The van der Waals surface area contributed by atoms with Gasteiger partial charge in [-0.1, -0.05) is 18.1 Å². The molecule has 1 heteroatoms. The van der Waals surface area contributed by atoms with Gasteiger partial charge in [-0.3, -0.25) is 0 Å². The van der Waals surface area contributed by atoms with Gasteiger partial charge in [0.15, 0.2) is 0 Å². The van der Waals surface area contributed by atoms with Gasteiger partial charge in [-0.2, -0.15) is 0 Å². The van der Waals surface area contributed by atoms with Gasteiger partial charge in [-0.25, -0.2) is 0 Å². The zero-order chi connectivity index (χ0) is 9.23. The Morgan fingerprint density at radius 2 is 2.25 bits per heavy atom. The lowest BCUT2D eigenvalue weighted by molar-refractivity contribution is 1.23. The molecule has 0 aliphatic rings. The normalized spacial score (nSPS) is 8.58. The van der Waals surface area contributed by atoms with Crippen LogP contribution >= 0.6 is 11.6 Å². The van der Waals surface area contributed by atoms with Crippen LogP contribution in [-0.2, 0) is 0 Å². The van der Waals surface area contributed by atoms with E-state index in [1.807, 2.05) is 19.1 Å². The summed E-state index contributed by atoms with van der Waals surface area (Å²) < 4.78 is 0. The van der Waals surface area contributed by atoms with Crippen LogP contribution < -0.4 is 0 Å². The molecule has 0 aliphatic heterocycles. The standard InChI is InChI=1S/C11H13Cl/c1-3-4-5-8-11(2)9-6-7-10-12/h5-6,9H,7,10H2,1-2H3/b9-6-. The fraction of sp³-hybridized carbons (Fsp3) is 0.364. The molecule has 0 spiro atoms. The quantitative estimate of drug-likeness (QED) is 0.271. The molecule has 64 valence electrons. The largest absolute Gasteiger partial charge is 0.126 e. The van der Waals surface area contributed by atoms with E-state index in [0.717, 1.165) is 12.0 Å². The zero-order valence-electron chi connectivity index (χ0n) is 7.52. The molecule has 12 heavy (non-hydrogen) atoms. The van der Waals surface area contributed by atoms with Gasteiger partial charge < -0.3 is 0 Å². The highest BCUT2D eigenvalue weighted by atomic mass is 35.5. The van der Waals surface area contributed by atoms with E-state index in [0.29, 0.717) is 5.88 Å². The fourth-order valence-electron chi connectivity index (χ4n) is 0.593. The van der Waals surface area contributed by atoms with Crippen LogP contribution in [0.15, 0.2) is 29.5 Å². The van der Waals surface area contributed by atoms with Crippen LogP contribution in [0.3, 0.4) is 0 Å². The molecule has 0 aromatic carbocycles. The Morgan fingerprint density at radius 1 is 1.50 bits per heavy atom. The van der Waals surface area contributed by atoms with Gasteiger partial charge in [0.05, 0.1) is 0 Å². The maximum atomic E-state index is 5.50. The molecule has 0 aromatic rings. The van der Waals surface area contributed by atoms with Crippen molar-refractivity contribution < 1.29 is 0 Å². The van der Waals surface area contributed by atoms with E-state index in [1.54, 1.807) is 13.0 Å². The van der Waals surface area contributed by atoms with Crippen molar-refractivity contribution in [2.45, 2.75) is 20.3 Å². The minimum absolute atomic E-state index is 0.669. The molecule has 0 aliphatic carbocycles. The smallest absolute Gasteiger partial charge is 0.0304 e. The van der Waals surface area contributed by atoms with Crippen LogP contribution in [0.2, 0.25) is 0 Å². The van der Waals surface area contributed by atoms with E-state index in [4.69, 9.17) is 11.6 Å². The summed E-state index contributed by atoms with van der Waals surface area (Å²) in [5.41, 5.74) is 4.10. The van der Waals surface area contributed by atoms with E-state index in [2.05, 4.69) is 17.6 Å². The number of halogens is 1. The van der Waals surface area contributed by atoms with Crippen molar-refractivity contribution in [3.8, 4) is 11.8 Å². The van der Waals surface area contributed by atoms with Gasteiger partial charge in [0, 0.05) is 12.0 Å². The molecule has 0 aromatic heterocycles. The molecule has 0 fully saturated rings. The molecule has 0 rings (SSSR count). The van der Waals surface area contributed by atoms with Crippen molar-refractivity contribution in [1.29, 1.82) is 0 Å². The molecule has 0 unspecified atom stereocenters. The fourth-order valence-corrected chi connectivity index (χ4v) is 0.719. The molecule has 0 saturated carbocycles. The first-order chi connectivity index (χ1) is 5.81. The summed E-state index contributed by atoms with van der Waals surface area (Å²) in [6.07, 6.45) is 6.65. The van der Waals surface area contributed by atoms with Gasteiger partial charge in [0.2, 0.25) is 0 Å². The Hall–Kier alpha value is -0.890. The van der Waals surface area contributed by atoms with Gasteiger partial charge in [-0.15, -0.1) is 23.3 Å². The molecule has 0 nitrogen and oxygen atoms in total. The van der Waals surface area contributed by atoms with Crippen molar-refractivity contribution >= 4 is 11.6 Å². The summed E-state index contributed by atoms with van der Waals surface area (Å²) >= 11 is 5.50. The Bertz CT molecular complexity index is 254. The molecular weight excluding hydrogens is 168 g/mol. The summed E-state index contributed by atoms with van der Waals surface area (Å²) in [5.74, 6) is 6.24. The first-order valence-corrected chi connectivity index (χ1v) is 4.41. The van der Waals surface area contributed by atoms with Gasteiger partial charge in [0.25, 0.3) is 0 Å². The highest BCUT2D eigenvalue weighted by Gasteiger charge is 1.76. The molecular formula is C11H13Cl. The van der Waals surface area contributed by atoms with E-state index in [9.17, 15) is 0 Å². The van der Waals surface area contributed by atoms with Gasteiger partial charge in [-0.05, 0) is 25.8 Å². The Kier molecular flexibility index (Phi) is 7.60. The maximum absolute atomic E-state index is 5.50. The average Bonchev–Trinajstić information content (AvgIpc) is 2.06. The number of alkyl halides is 1. The average molecular weight is 181 g/mol. The molecule has 0 atom stereocenters. The van der Waals surface area contributed by atoms with Crippen LogP contribution in [-0.4, -0.2) is 5.88 Å². The molecule has 0 amide bonds. The van der Waals surface area contributed by atoms with Crippen molar-refractivity contribution in [3.05, 3.63) is 29.5 Å². The van der Waals surface area contributed by atoms with Crippen LogP contribution in [0.4, 0.5) is 0 Å². The van der Waals surface area contributed by atoms with Crippen molar-refractivity contribution in [1.82, 2.24) is 0 Å². The lowest BCUT2D eigenvalue weighted by atomic mass is 10.2. The molecule has 0 N–H and O–H groups in total. The Labute approximate surface area is 79.6 Å². The summed E-state index contributed by atoms with van der Waals surface area (Å²) in [4.78, 5) is 0. The molecule has 0 saturated heterocycles. The minimum Gasteiger partial charge on any atom is -0.126 e. The predicted molar refractivity (Wildman–Crippen MR) is 55.2 cm³/mol. The zero-order valence-corrected chi connectivity index (χ0v) is 8.28. The number of hydrogen-bond acceptors (Lipinski definition) is 0. The van der Waals surface area contributed by atoms with E-state index >= 15 is 0 Å². The minimum atomic E-state index is 0.669. The Balaban J connectivity index is 4.07. The first kappa shape index (κ1) is 11.1. The van der Waals surface area contributed by atoms with Crippen molar-refractivity contribution in [3.63, 3.8) is 0 Å². The van der Waals surface area contributed by atoms with Crippen LogP contribution in [0.1, 0.15) is 20.3 Å². The second kappa shape index (κ2) is 8.21. The van der Waals surface area contributed by atoms with E-state index in [-0.39, 0.29) is 0 Å². The van der Waals surface area contributed by atoms with E-state index < -0.39 is 0 Å². The first-order valence-electron chi connectivity index (χ1n) is 3.87. The highest BCUT2D eigenvalue weighted by Crippen LogP contribution is 1.94. The third-order valence-corrected chi connectivity index (χ3v) is 1.38. The third kappa shape index (κ3) is 7.22. The van der Waals surface area contributed by atoms with Gasteiger partial charge >= 0.3 is 0 Å². The summed E-state index contributed by atoms with van der Waals surface area (Å²) in [6, 6.07) is 0. The Morgan fingerprint density at radius 3 is 2.83 bits per heavy atom. The topological polar surface area (TPSA) is 0 Å². The van der Waals surface area contributed by atoms with Crippen LogP contribution in [0.25, 0.3) is 0 Å². The SMILES string of the molecule is CC#CC=C=C(C)/C=C\CCCl. The third-order valence-electron chi connectivity index (χ3n) is 1.16. The maximum Gasteiger partial charge on any atom is 0.0304 e. The number of allylic oxidation sites excluding steroid dienone is 3. The summed E-state index contributed by atoms with van der Waals surface area (Å²) in [5, 5.41) is 0. The molecule has 0 bridgehead atoms. The molecule has 0 radical (unpaired) electrons. The number of hydrogen-bond donors (Lipinski definition) is 0. The van der Waals surface area contributed by atoms with E-state index in [1.165, 1.54) is 0 Å². The van der Waals surface area contributed by atoms with Crippen LogP contribution in [0, 0.1) is 11.8 Å². The summed E-state index contributed by atoms with van der Waals surface area (Å²) in [7, 11) is 0. The van der Waals surface area contributed by atoms with Crippen LogP contribution in [0.5, 0.6) is 0 Å². The predicted octanol–water partition coefficient (Wildman–Crippen LogP) is 3.30. The monoisotopic (exact) mass is 180 g/mol. The summed E-state index contributed by atoms with van der Waals surface area (Å²) in [6.45, 7) is 3.79.